The van der Waals surface area contributed by atoms with E-state index in [9.17, 15) is 0 Å². The molecule has 0 saturated heterocycles. The first-order chi connectivity index (χ1) is 9.90. The summed E-state index contributed by atoms with van der Waals surface area (Å²) in [6.07, 6.45) is 5.70. The van der Waals surface area contributed by atoms with Crippen LogP contribution in [0.2, 0.25) is 0 Å². The summed E-state index contributed by atoms with van der Waals surface area (Å²) < 4.78 is 0. The summed E-state index contributed by atoms with van der Waals surface area (Å²) in [5.41, 5.74) is 8.16. The lowest BCUT2D eigenvalue weighted by molar-refractivity contribution is 0.758. The van der Waals surface area contributed by atoms with Crippen molar-refractivity contribution in [2.24, 2.45) is 5.73 Å². The van der Waals surface area contributed by atoms with E-state index in [0.29, 0.717) is 13.1 Å². The maximum absolute atomic E-state index is 5.56. The first-order valence-corrected chi connectivity index (χ1v) is 7.00. The number of nitrogens with two attached hydrogens (primary N) is 1. The van der Waals surface area contributed by atoms with Crippen LogP contribution in [0.15, 0.2) is 36.7 Å². The van der Waals surface area contributed by atoms with E-state index in [0.717, 1.165) is 31.0 Å². The van der Waals surface area contributed by atoms with E-state index in [1.807, 2.05) is 0 Å². The number of nitrogens with zero attached hydrogens (tertiary/aromatic N) is 3. The topological polar surface area (TPSA) is 67.1 Å². The van der Waals surface area contributed by atoms with Crippen molar-refractivity contribution in [3.05, 3.63) is 42.2 Å². The minimum absolute atomic E-state index is 0.576. The Bertz CT molecular complexity index is 584. The first-order valence-electron chi connectivity index (χ1n) is 7.00. The third kappa shape index (κ3) is 2.44. The molecule has 3 rings (SSSR count). The lowest BCUT2D eigenvalue weighted by Crippen LogP contribution is -2.27. The number of aryl methyl sites for hydroxylation is 1. The van der Waals surface area contributed by atoms with Crippen molar-refractivity contribution in [3.63, 3.8) is 0 Å². The molecule has 0 spiro atoms. The summed E-state index contributed by atoms with van der Waals surface area (Å²) in [6, 6.07) is 8.49. The summed E-state index contributed by atoms with van der Waals surface area (Å²) in [4.78, 5) is 11.1. The van der Waals surface area contributed by atoms with Gasteiger partial charge in [-0.05, 0) is 24.5 Å². The van der Waals surface area contributed by atoms with Crippen molar-refractivity contribution in [3.8, 4) is 0 Å². The van der Waals surface area contributed by atoms with Gasteiger partial charge in [0.2, 0.25) is 0 Å². The predicted octanol–water partition coefficient (Wildman–Crippen LogP) is 1.93. The van der Waals surface area contributed by atoms with E-state index in [4.69, 9.17) is 5.73 Å². The molecule has 0 aliphatic carbocycles. The number of hydrogen-bond acceptors (Lipinski definition) is 5. The van der Waals surface area contributed by atoms with Crippen molar-refractivity contribution in [2.75, 3.05) is 29.9 Å². The van der Waals surface area contributed by atoms with Crippen LogP contribution in [0.5, 0.6) is 0 Å². The van der Waals surface area contributed by atoms with E-state index in [1.54, 1.807) is 12.4 Å². The van der Waals surface area contributed by atoms with Crippen LogP contribution in [0.3, 0.4) is 0 Å². The van der Waals surface area contributed by atoms with E-state index in [-0.39, 0.29) is 0 Å². The minimum atomic E-state index is 0.576. The van der Waals surface area contributed by atoms with E-state index < -0.39 is 0 Å². The highest BCUT2D eigenvalue weighted by Gasteiger charge is 2.21. The Kier molecular flexibility index (Phi) is 3.78. The van der Waals surface area contributed by atoms with Gasteiger partial charge in [0, 0.05) is 37.7 Å². The lowest BCUT2D eigenvalue weighted by atomic mass is 10.0. The average Bonchev–Trinajstić information content (AvgIpc) is 2.53. The predicted molar refractivity (Wildman–Crippen MR) is 81.3 cm³/mol. The highest BCUT2D eigenvalue weighted by molar-refractivity contribution is 5.72. The molecule has 104 valence electrons. The molecule has 20 heavy (non-hydrogen) atoms. The second-order valence-electron chi connectivity index (χ2n) is 4.83. The van der Waals surface area contributed by atoms with Crippen molar-refractivity contribution in [2.45, 2.75) is 12.8 Å². The quantitative estimate of drug-likeness (QED) is 0.887. The average molecular weight is 269 g/mol. The standard InChI is InChI=1S/C15H19N5/c16-7-8-17-14-15(19-10-9-18-14)20-11-3-5-12-4-1-2-6-13(12)20/h1-2,4,6,9-10H,3,5,7-8,11,16H2,(H,17,18). The fourth-order valence-corrected chi connectivity index (χ4v) is 2.60. The van der Waals surface area contributed by atoms with Crippen LogP contribution in [0, 0.1) is 0 Å². The van der Waals surface area contributed by atoms with Crippen LogP contribution in [0.4, 0.5) is 17.3 Å². The third-order valence-electron chi connectivity index (χ3n) is 3.48. The first kappa shape index (κ1) is 12.9. The van der Waals surface area contributed by atoms with Gasteiger partial charge in [0.1, 0.15) is 0 Å². The molecule has 5 heteroatoms. The Hall–Kier alpha value is -2.14. The molecule has 0 unspecified atom stereocenters. The Labute approximate surface area is 118 Å². The zero-order valence-electron chi connectivity index (χ0n) is 11.4. The van der Waals surface area contributed by atoms with Gasteiger partial charge >= 0.3 is 0 Å². The van der Waals surface area contributed by atoms with Crippen LogP contribution in [-0.4, -0.2) is 29.6 Å². The summed E-state index contributed by atoms with van der Waals surface area (Å²) in [5, 5.41) is 3.25. The van der Waals surface area contributed by atoms with Gasteiger partial charge in [-0.1, -0.05) is 18.2 Å². The molecule has 1 aromatic carbocycles. The molecule has 5 nitrogen and oxygen atoms in total. The van der Waals surface area contributed by atoms with Gasteiger partial charge < -0.3 is 16.0 Å². The summed E-state index contributed by atoms with van der Waals surface area (Å²) in [7, 11) is 0. The molecule has 0 amide bonds. The summed E-state index contributed by atoms with van der Waals surface area (Å²) in [6.45, 7) is 2.24. The lowest BCUT2D eigenvalue weighted by Gasteiger charge is -2.31. The molecule has 2 aromatic rings. The van der Waals surface area contributed by atoms with Gasteiger partial charge in [-0.15, -0.1) is 0 Å². The molecule has 1 aliphatic rings. The SMILES string of the molecule is NCCNc1nccnc1N1CCCc2ccccc21. The number of para-hydroxylation sites is 1. The Morgan fingerprint density at radius 1 is 1.20 bits per heavy atom. The van der Waals surface area contributed by atoms with Gasteiger partial charge in [0.05, 0.1) is 0 Å². The Balaban J connectivity index is 1.98. The molecule has 1 aromatic heterocycles. The second-order valence-corrected chi connectivity index (χ2v) is 4.83. The molecular formula is C15H19N5. The molecule has 0 fully saturated rings. The highest BCUT2D eigenvalue weighted by atomic mass is 15.2. The van der Waals surface area contributed by atoms with Gasteiger partial charge in [0.25, 0.3) is 0 Å². The van der Waals surface area contributed by atoms with Crippen molar-refractivity contribution < 1.29 is 0 Å². The minimum Gasteiger partial charge on any atom is -0.366 e. The van der Waals surface area contributed by atoms with Crippen molar-refractivity contribution in [1.29, 1.82) is 0 Å². The number of anilines is 3. The van der Waals surface area contributed by atoms with Gasteiger partial charge in [0.15, 0.2) is 11.6 Å². The smallest absolute Gasteiger partial charge is 0.176 e. The molecule has 0 saturated carbocycles. The number of benzene rings is 1. The third-order valence-corrected chi connectivity index (χ3v) is 3.48. The van der Waals surface area contributed by atoms with E-state index >= 15 is 0 Å². The normalized spacial score (nSPS) is 13.9. The number of nitrogens with one attached hydrogen (secondary N) is 1. The highest BCUT2D eigenvalue weighted by Crippen LogP contribution is 2.34. The van der Waals surface area contributed by atoms with Crippen LogP contribution >= 0.6 is 0 Å². The molecule has 0 atom stereocenters. The summed E-state index contributed by atoms with van der Waals surface area (Å²) in [5.74, 6) is 1.68. The zero-order valence-corrected chi connectivity index (χ0v) is 11.4. The fourth-order valence-electron chi connectivity index (χ4n) is 2.60. The molecular weight excluding hydrogens is 250 g/mol. The van der Waals surface area contributed by atoms with E-state index in [1.165, 1.54) is 11.3 Å². The van der Waals surface area contributed by atoms with E-state index in [2.05, 4.69) is 44.5 Å². The van der Waals surface area contributed by atoms with Gasteiger partial charge in [-0.3, -0.25) is 0 Å². The van der Waals surface area contributed by atoms with Gasteiger partial charge in [-0.2, -0.15) is 0 Å². The maximum atomic E-state index is 5.56. The molecule has 0 radical (unpaired) electrons. The number of rotatable bonds is 4. The monoisotopic (exact) mass is 269 g/mol. The maximum Gasteiger partial charge on any atom is 0.176 e. The van der Waals surface area contributed by atoms with Crippen molar-refractivity contribution >= 4 is 17.3 Å². The Morgan fingerprint density at radius 2 is 2.05 bits per heavy atom. The number of fused-ring (bicyclic) bond motifs is 1. The van der Waals surface area contributed by atoms with Gasteiger partial charge in [-0.25, -0.2) is 9.97 Å². The molecule has 2 heterocycles. The number of hydrogen-bond donors (Lipinski definition) is 2. The van der Waals surface area contributed by atoms with Crippen LogP contribution in [-0.2, 0) is 6.42 Å². The molecule has 1 aliphatic heterocycles. The largest absolute Gasteiger partial charge is 0.366 e. The zero-order chi connectivity index (χ0) is 13.8. The van der Waals surface area contributed by atoms with Crippen molar-refractivity contribution in [1.82, 2.24) is 9.97 Å². The molecule has 0 bridgehead atoms. The summed E-state index contributed by atoms with van der Waals surface area (Å²) >= 11 is 0. The number of aromatic nitrogens is 2. The fraction of sp³-hybridized carbons (Fsp3) is 0.333. The van der Waals surface area contributed by atoms with Crippen LogP contribution in [0.25, 0.3) is 0 Å². The van der Waals surface area contributed by atoms with Crippen LogP contribution in [0.1, 0.15) is 12.0 Å². The second kappa shape index (κ2) is 5.88. The molecule has 3 N–H and O–H groups in total. The Morgan fingerprint density at radius 3 is 2.95 bits per heavy atom. The van der Waals surface area contributed by atoms with Crippen LogP contribution < -0.4 is 16.0 Å².